The number of aromatic nitrogens is 2. The molecule has 0 unspecified atom stereocenters. The molecule has 0 atom stereocenters. The Morgan fingerprint density at radius 1 is 1.04 bits per heavy atom. The van der Waals surface area contributed by atoms with E-state index in [0.717, 1.165) is 11.9 Å². The van der Waals surface area contributed by atoms with Gasteiger partial charge in [0.2, 0.25) is 0 Å². The highest BCUT2D eigenvalue weighted by atomic mass is 35.5. The number of fused-ring (bicyclic) bond motifs is 1. The molecular weight excluding hydrogens is 352 g/mol. The molecule has 0 aliphatic heterocycles. The predicted molar refractivity (Wildman–Crippen MR) is 120 cm³/mol. The number of halogens is 1. The van der Waals surface area contributed by atoms with Crippen LogP contribution in [0.15, 0.2) is 42.5 Å². The first-order valence-corrected chi connectivity index (χ1v) is 9.70. The molecular formula is C24H31ClN2. The number of rotatable bonds is 6. The fraction of sp³-hybridized carbons (Fsp3) is 0.375. The number of aryl methyl sites for hydroxylation is 4. The molecule has 0 fully saturated rings. The third kappa shape index (κ3) is 4.44. The van der Waals surface area contributed by atoms with Gasteiger partial charge in [-0.15, -0.1) is 12.4 Å². The molecule has 0 aliphatic carbocycles. The van der Waals surface area contributed by atoms with Crippen LogP contribution in [0.4, 0.5) is 0 Å². The third-order valence-electron chi connectivity index (χ3n) is 5.14. The molecule has 0 radical (unpaired) electrons. The van der Waals surface area contributed by atoms with Crippen LogP contribution in [0.2, 0.25) is 0 Å². The Kier molecular flexibility index (Phi) is 7.26. The van der Waals surface area contributed by atoms with Crippen LogP contribution in [0.3, 0.4) is 0 Å². The van der Waals surface area contributed by atoms with Gasteiger partial charge in [-0.3, -0.25) is 4.68 Å². The molecule has 27 heavy (non-hydrogen) atoms. The summed E-state index contributed by atoms with van der Waals surface area (Å²) in [6, 6.07) is 11.1. The largest absolute Gasteiger partial charge is 0.271 e. The van der Waals surface area contributed by atoms with Crippen molar-refractivity contribution in [2.45, 2.75) is 53.4 Å². The smallest absolute Gasteiger partial charge is 0.100 e. The number of unbranched alkanes of at least 4 members (excludes halogenated alkanes) is 2. The fourth-order valence-corrected chi connectivity index (χ4v) is 3.95. The van der Waals surface area contributed by atoms with Crippen molar-refractivity contribution < 1.29 is 0 Å². The summed E-state index contributed by atoms with van der Waals surface area (Å²) in [6.07, 6.45) is 9.21. The Labute approximate surface area is 169 Å². The number of allylic oxidation sites excluding steroid dienone is 2. The highest BCUT2D eigenvalue weighted by Gasteiger charge is 2.15. The molecule has 0 amide bonds. The van der Waals surface area contributed by atoms with Crippen molar-refractivity contribution in [2.24, 2.45) is 7.05 Å². The van der Waals surface area contributed by atoms with Gasteiger partial charge in [0.05, 0.1) is 0 Å². The summed E-state index contributed by atoms with van der Waals surface area (Å²) >= 11 is 0. The highest BCUT2D eigenvalue weighted by Crippen LogP contribution is 2.34. The van der Waals surface area contributed by atoms with Crippen LogP contribution in [-0.2, 0) is 13.5 Å². The third-order valence-corrected chi connectivity index (χ3v) is 5.14. The van der Waals surface area contributed by atoms with E-state index in [1.807, 2.05) is 0 Å². The molecule has 2 nitrogen and oxygen atoms in total. The first-order chi connectivity index (χ1) is 12.5. The molecule has 1 aromatic heterocycles. The van der Waals surface area contributed by atoms with Crippen LogP contribution in [0.25, 0.3) is 22.0 Å². The Morgan fingerprint density at radius 3 is 2.41 bits per heavy atom. The topological polar surface area (TPSA) is 17.8 Å². The fourth-order valence-electron chi connectivity index (χ4n) is 3.95. The Hall–Kier alpha value is -2.06. The quantitative estimate of drug-likeness (QED) is 0.335. The van der Waals surface area contributed by atoms with E-state index in [2.05, 4.69) is 81.9 Å². The lowest BCUT2D eigenvalue weighted by molar-refractivity contribution is 0.737. The average Bonchev–Trinajstić information content (AvgIpc) is 2.90. The number of nitrogens with zero attached hydrogens (tertiary/aromatic N) is 2. The van der Waals surface area contributed by atoms with Gasteiger partial charge in [0.25, 0.3) is 0 Å². The monoisotopic (exact) mass is 382 g/mol. The van der Waals surface area contributed by atoms with Crippen molar-refractivity contribution in [1.82, 2.24) is 9.78 Å². The van der Waals surface area contributed by atoms with Crippen LogP contribution in [-0.4, -0.2) is 9.78 Å². The second-order valence-electron chi connectivity index (χ2n) is 7.36. The van der Waals surface area contributed by atoms with Gasteiger partial charge >= 0.3 is 0 Å². The lowest BCUT2D eigenvalue weighted by atomic mass is 9.92. The Bertz CT molecular complexity index is 927. The van der Waals surface area contributed by atoms with Crippen molar-refractivity contribution in [3.05, 3.63) is 64.9 Å². The van der Waals surface area contributed by atoms with E-state index >= 15 is 0 Å². The van der Waals surface area contributed by atoms with Crippen LogP contribution in [0, 0.1) is 20.8 Å². The van der Waals surface area contributed by atoms with Crippen molar-refractivity contribution in [3.63, 3.8) is 0 Å². The van der Waals surface area contributed by atoms with E-state index in [0.29, 0.717) is 0 Å². The van der Waals surface area contributed by atoms with Crippen LogP contribution < -0.4 is 0 Å². The maximum absolute atomic E-state index is 4.89. The summed E-state index contributed by atoms with van der Waals surface area (Å²) in [4.78, 5) is 0. The molecule has 0 saturated carbocycles. The van der Waals surface area contributed by atoms with E-state index in [4.69, 9.17) is 5.10 Å². The zero-order chi connectivity index (χ0) is 18.7. The molecule has 0 spiro atoms. The molecule has 3 rings (SSSR count). The molecule has 0 saturated heterocycles. The average molecular weight is 383 g/mol. The van der Waals surface area contributed by atoms with E-state index in [-0.39, 0.29) is 12.4 Å². The van der Waals surface area contributed by atoms with E-state index in [9.17, 15) is 0 Å². The highest BCUT2D eigenvalue weighted by molar-refractivity contribution is 5.96. The maximum Gasteiger partial charge on any atom is 0.100 e. The first-order valence-electron chi connectivity index (χ1n) is 9.70. The van der Waals surface area contributed by atoms with Gasteiger partial charge in [-0.05, 0) is 43.9 Å². The molecule has 2 aromatic carbocycles. The number of benzene rings is 2. The molecule has 144 valence electrons. The minimum Gasteiger partial charge on any atom is -0.271 e. The molecule has 0 N–H and O–H groups in total. The first kappa shape index (κ1) is 21.2. The minimum absolute atomic E-state index is 0. The molecule has 3 heteroatoms. The standard InChI is InChI=1S/C24H30N2.ClH/c1-6-7-8-9-10-14-22-20-12-11-13-21(24(20)25-26(22)5)23-18(3)15-17(2)16-19(23)4;/h9-13,15-16H,6-8,14H2,1-5H3;1H. The van der Waals surface area contributed by atoms with Crippen LogP contribution in [0.1, 0.15) is 48.6 Å². The van der Waals surface area contributed by atoms with E-state index in [1.165, 1.54) is 58.2 Å². The van der Waals surface area contributed by atoms with Crippen LogP contribution >= 0.6 is 12.4 Å². The SMILES string of the molecule is CCCCC=CCc1c2cccc(-c3c(C)cc(C)cc3C)c2nn1C.Cl. The predicted octanol–water partition coefficient (Wildman–Crippen LogP) is 6.88. The Morgan fingerprint density at radius 2 is 1.74 bits per heavy atom. The molecule has 0 bridgehead atoms. The minimum atomic E-state index is 0. The number of hydrogen-bond acceptors (Lipinski definition) is 1. The molecule has 3 aromatic rings. The van der Waals surface area contributed by atoms with Crippen molar-refractivity contribution in [2.75, 3.05) is 0 Å². The van der Waals surface area contributed by atoms with Gasteiger partial charge in [0.1, 0.15) is 5.52 Å². The van der Waals surface area contributed by atoms with Gasteiger partial charge in [-0.25, -0.2) is 0 Å². The number of hydrogen-bond donors (Lipinski definition) is 0. The van der Waals surface area contributed by atoms with Crippen molar-refractivity contribution >= 4 is 23.3 Å². The van der Waals surface area contributed by atoms with Crippen LogP contribution in [0.5, 0.6) is 0 Å². The van der Waals surface area contributed by atoms with Crippen molar-refractivity contribution in [3.8, 4) is 11.1 Å². The summed E-state index contributed by atoms with van der Waals surface area (Å²) in [5.41, 5.74) is 8.93. The van der Waals surface area contributed by atoms with E-state index < -0.39 is 0 Å². The summed E-state index contributed by atoms with van der Waals surface area (Å²) in [6.45, 7) is 8.80. The molecule has 1 heterocycles. The summed E-state index contributed by atoms with van der Waals surface area (Å²) in [5.74, 6) is 0. The van der Waals surface area contributed by atoms with Gasteiger partial charge < -0.3 is 0 Å². The maximum atomic E-state index is 4.89. The summed E-state index contributed by atoms with van der Waals surface area (Å²) in [7, 11) is 2.06. The Balaban J connectivity index is 0.00000261. The summed E-state index contributed by atoms with van der Waals surface area (Å²) in [5, 5.41) is 6.16. The molecule has 0 aliphatic rings. The second kappa shape index (κ2) is 9.23. The van der Waals surface area contributed by atoms with Gasteiger partial charge in [-0.1, -0.05) is 67.8 Å². The van der Waals surface area contributed by atoms with Crippen molar-refractivity contribution in [1.29, 1.82) is 0 Å². The van der Waals surface area contributed by atoms with Gasteiger partial charge in [0, 0.05) is 30.1 Å². The summed E-state index contributed by atoms with van der Waals surface area (Å²) < 4.78 is 2.05. The van der Waals surface area contributed by atoms with Gasteiger partial charge in [-0.2, -0.15) is 5.10 Å². The van der Waals surface area contributed by atoms with E-state index in [1.54, 1.807) is 0 Å². The zero-order valence-corrected chi connectivity index (χ0v) is 18.0. The lowest BCUT2D eigenvalue weighted by Gasteiger charge is -2.12. The normalized spacial score (nSPS) is 11.3. The second-order valence-corrected chi connectivity index (χ2v) is 7.36. The zero-order valence-electron chi connectivity index (χ0n) is 17.2. The van der Waals surface area contributed by atoms with Gasteiger partial charge in [0.15, 0.2) is 0 Å². The lowest BCUT2D eigenvalue weighted by Crippen LogP contribution is -1.96.